The fourth-order valence-electron chi connectivity index (χ4n) is 6.21. The highest BCUT2D eigenvalue weighted by Gasteiger charge is 2.42. The molecule has 0 radical (unpaired) electrons. The number of methoxy groups -OCH3 is 1. The first-order valence-corrected chi connectivity index (χ1v) is 12.8. The predicted octanol–water partition coefficient (Wildman–Crippen LogP) is 4.10. The van der Waals surface area contributed by atoms with Gasteiger partial charge in [-0.1, -0.05) is 18.2 Å². The van der Waals surface area contributed by atoms with Crippen LogP contribution in [0.15, 0.2) is 29.6 Å². The number of ether oxygens (including phenoxy) is 3. The molecular weight excluding hydrogens is 436 g/mol. The minimum absolute atomic E-state index is 0.376. The van der Waals surface area contributed by atoms with Gasteiger partial charge in [-0.3, -0.25) is 0 Å². The van der Waals surface area contributed by atoms with Crippen LogP contribution in [-0.2, 0) is 9.47 Å². The van der Waals surface area contributed by atoms with Crippen molar-refractivity contribution < 1.29 is 14.2 Å². The molecule has 7 nitrogen and oxygen atoms in total. The number of hydrogen-bond donors (Lipinski definition) is 0. The van der Waals surface area contributed by atoms with Crippen LogP contribution < -0.4 is 14.5 Å². The van der Waals surface area contributed by atoms with Crippen molar-refractivity contribution in [3.05, 3.63) is 29.6 Å². The van der Waals surface area contributed by atoms with Crippen LogP contribution in [0.3, 0.4) is 0 Å². The lowest BCUT2D eigenvalue weighted by molar-refractivity contribution is 0.0889. The van der Waals surface area contributed by atoms with Gasteiger partial charge in [-0.05, 0) is 31.7 Å². The summed E-state index contributed by atoms with van der Waals surface area (Å²) in [4.78, 5) is 16.5. The second-order valence-corrected chi connectivity index (χ2v) is 10.4. The number of morpholine rings is 2. The standard InChI is InChI=1S/C25H28N4O3S/c1-30-21-5-3-2-4-19(21)20-14-33-24-22(20)23(28-15-6-7-16(28)11-31-10-15)26-25(27-24)29-17-8-9-18(29)13-32-12-17/h2-5,14-18H,6-13H2,1H3. The van der Waals surface area contributed by atoms with Gasteiger partial charge in [-0.2, -0.15) is 4.98 Å². The zero-order valence-corrected chi connectivity index (χ0v) is 19.6. The van der Waals surface area contributed by atoms with Gasteiger partial charge in [0, 0.05) is 16.5 Å². The van der Waals surface area contributed by atoms with E-state index in [0.717, 1.165) is 91.0 Å². The van der Waals surface area contributed by atoms with Gasteiger partial charge in [0.05, 0.1) is 63.1 Å². The van der Waals surface area contributed by atoms with Crippen LogP contribution in [0.25, 0.3) is 21.3 Å². The topological polar surface area (TPSA) is 60.0 Å². The fraction of sp³-hybridized carbons (Fsp3) is 0.520. The van der Waals surface area contributed by atoms with Crippen LogP contribution in [0.1, 0.15) is 25.7 Å². The number of nitrogens with zero attached hydrogens (tertiary/aromatic N) is 4. The zero-order chi connectivity index (χ0) is 21.9. The number of thiophene rings is 1. The average Bonchev–Trinajstić information content (AvgIpc) is 3.47. The van der Waals surface area contributed by atoms with Gasteiger partial charge in [0.25, 0.3) is 0 Å². The molecule has 4 aliphatic rings. The highest BCUT2D eigenvalue weighted by molar-refractivity contribution is 7.17. The summed E-state index contributed by atoms with van der Waals surface area (Å²) in [7, 11) is 1.74. The van der Waals surface area contributed by atoms with Gasteiger partial charge in [0.15, 0.2) is 0 Å². The molecule has 4 aliphatic heterocycles. The molecule has 0 N–H and O–H groups in total. The summed E-state index contributed by atoms with van der Waals surface area (Å²) < 4.78 is 17.5. The summed E-state index contributed by atoms with van der Waals surface area (Å²) >= 11 is 1.71. The summed E-state index contributed by atoms with van der Waals surface area (Å²) in [5.41, 5.74) is 2.25. The summed E-state index contributed by atoms with van der Waals surface area (Å²) in [6, 6.07) is 9.76. The minimum Gasteiger partial charge on any atom is -0.496 e. The molecule has 1 aromatic carbocycles. The monoisotopic (exact) mass is 464 g/mol. The van der Waals surface area contributed by atoms with Gasteiger partial charge in [0.1, 0.15) is 16.4 Å². The highest BCUT2D eigenvalue weighted by atomic mass is 32.1. The Bertz CT molecular complexity index is 1170. The van der Waals surface area contributed by atoms with Crippen molar-refractivity contribution in [2.75, 3.05) is 43.3 Å². The zero-order valence-electron chi connectivity index (χ0n) is 18.8. The molecule has 0 amide bonds. The Morgan fingerprint density at radius 2 is 1.48 bits per heavy atom. The largest absolute Gasteiger partial charge is 0.496 e. The van der Waals surface area contributed by atoms with Crippen molar-refractivity contribution in [1.82, 2.24) is 9.97 Å². The molecule has 0 aliphatic carbocycles. The Kier molecular flexibility index (Phi) is 4.74. The van der Waals surface area contributed by atoms with E-state index < -0.39 is 0 Å². The van der Waals surface area contributed by atoms with E-state index in [4.69, 9.17) is 24.2 Å². The minimum atomic E-state index is 0.376. The van der Waals surface area contributed by atoms with Crippen molar-refractivity contribution in [2.45, 2.75) is 49.9 Å². The molecule has 3 aromatic rings. The van der Waals surface area contributed by atoms with E-state index in [-0.39, 0.29) is 0 Å². The van der Waals surface area contributed by atoms with Crippen molar-refractivity contribution in [3.8, 4) is 16.9 Å². The van der Waals surface area contributed by atoms with Crippen molar-refractivity contribution in [2.24, 2.45) is 0 Å². The van der Waals surface area contributed by atoms with Crippen molar-refractivity contribution in [3.63, 3.8) is 0 Å². The van der Waals surface area contributed by atoms with E-state index in [9.17, 15) is 0 Å². The van der Waals surface area contributed by atoms with E-state index in [1.807, 2.05) is 12.1 Å². The summed E-state index contributed by atoms with van der Waals surface area (Å²) in [5.74, 6) is 2.81. The number of aromatic nitrogens is 2. The van der Waals surface area contributed by atoms with E-state index in [1.165, 1.54) is 0 Å². The van der Waals surface area contributed by atoms with Crippen LogP contribution >= 0.6 is 11.3 Å². The van der Waals surface area contributed by atoms with Gasteiger partial charge in [-0.25, -0.2) is 4.98 Å². The SMILES string of the molecule is COc1ccccc1-c1csc2nc(N3C4CCC3COC4)nc(N3C4CCC3COC4)c12. The first-order chi connectivity index (χ1) is 16.3. The molecule has 172 valence electrons. The van der Waals surface area contributed by atoms with E-state index >= 15 is 0 Å². The molecule has 4 saturated heterocycles. The maximum Gasteiger partial charge on any atom is 0.229 e. The van der Waals surface area contributed by atoms with Crippen LogP contribution in [0.2, 0.25) is 0 Å². The Balaban J connectivity index is 1.44. The van der Waals surface area contributed by atoms with Gasteiger partial charge in [0.2, 0.25) is 5.95 Å². The third-order valence-electron chi connectivity index (χ3n) is 7.76. The quantitative estimate of drug-likeness (QED) is 0.576. The summed E-state index contributed by atoms with van der Waals surface area (Å²) in [5, 5.41) is 3.37. The van der Waals surface area contributed by atoms with Crippen molar-refractivity contribution in [1.29, 1.82) is 0 Å². The Labute approximate surface area is 197 Å². The lowest BCUT2D eigenvalue weighted by Gasteiger charge is -2.38. The first-order valence-electron chi connectivity index (χ1n) is 12.0. The predicted molar refractivity (Wildman–Crippen MR) is 130 cm³/mol. The lowest BCUT2D eigenvalue weighted by Crippen LogP contribution is -2.48. The van der Waals surface area contributed by atoms with Crippen LogP contribution in [0, 0.1) is 0 Å². The second-order valence-electron chi connectivity index (χ2n) is 9.54. The molecule has 0 spiro atoms. The molecule has 4 atom stereocenters. The van der Waals surface area contributed by atoms with Gasteiger partial charge in [-0.15, -0.1) is 11.3 Å². The molecule has 4 unspecified atom stereocenters. The fourth-order valence-corrected chi connectivity index (χ4v) is 7.14. The number of anilines is 2. The average molecular weight is 465 g/mol. The molecule has 4 bridgehead atoms. The molecule has 0 saturated carbocycles. The summed E-state index contributed by atoms with van der Waals surface area (Å²) in [6.07, 6.45) is 4.62. The molecule has 8 heteroatoms. The number of hydrogen-bond acceptors (Lipinski definition) is 8. The van der Waals surface area contributed by atoms with Crippen LogP contribution in [0.5, 0.6) is 5.75 Å². The number of para-hydroxylation sites is 1. The number of benzene rings is 1. The normalized spacial score (nSPS) is 28.6. The molecular formula is C25H28N4O3S. The van der Waals surface area contributed by atoms with Gasteiger partial charge < -0.3 is 24.0 Å². The lowest BCUT2D eigenvalue weighted by atomic mass is 10.0. The first kappa shape index (κ1) is 20.0. The van der Waals surface area contributed by atoms with Gasteiger partial charge >= 0.3 is 0 Å². The maximum atomic E-state index is 5.91. The van der Waals surface area contributed by atoms with Crippen molar-refractivity contribution >= 4 is 33.3 Å². The third kappa shape index (κ3) is 3.07. The highest BCUT2D eigenvalue weighted by Crippen LogP contribution is 2.46. The van der Waals surface area contributed by atoms with E-state index in [2.05, 4.69) is 27.3 Å². The Hall–Kier alpha value is -2.42. The smallest absolute Gasteiger partial charge is 0.229 e. The van der Waals surface area contributed by atoms with Crippen LogP contribution in [0.4, 0.5) is 11.8 Å². The van der Waals surface area contributed by atoms with E-state index in [1.54, 1.807) is 18.4 Å². The van der Waals surface area contributed by atoms with Crippen LogP contribution in [-0.4, -0.2) is 67.7 Å². The number of rotatable bonds is 4. The molecule has 4 fully saturated rings. The molecule has 33 heavy (non-hydrogen) atoms. The Morgan fingerprint density at radius 1 is 0.848 bits per heavy atom. The second kappa shape index (κ2) is 7.82. The Morgan fingerprint density at radius 3 is 2.15 bits per heavy atom. The number of fused-ring (bicyclic) bond motifs is 5. The maximum absolute atomic E-state index is 5.91. The molecule has 2 aromatic heterocycles. The van der Waals surface area contributed by atoms with E-state index in [0.29, 0.717) is 24.2 Å². The molecule has 6 heterocycles. The summed E-state index contributed by atoms with van der Waals surface area (Å²) in [6.45, 7) is 3.09. The third-order valence-corrected chi connectivity index (χ3v) is 8.63. The molecule has 7 rings (SSSR count).